The Morgan fingerprint density at radius 3 is 2.73 bits per heavy atom. The van der Waals surface area contributed by atoms with Crippen molar-refractivity contribution in [3.63, 3.8) is 0 Å². The number of amides is 2. The molecule has 0 radical (unpaired) electrons. The van der Waals surface area contributed by atoms with Gasteiger partial charge in [-0.2, -0.15) is 5.26 Å². The lowest BCUT2D eigenvalue weighted by molar-refractivity contribution is 0.205. The van der Waals surface area contributed by atoms with Gasteiger partial charge in [0.05, 0.1) is 18.6 Å². The third-order valence-corrected chi connectivity index (χ3v) is 4.54. The predicted octanol–water partition coefficient (Wildman–Crippen LogP) is 3.59. The molecule has 2 amide bonds. The zero-order valence-electron chi connectivity index (χ0n) is 15.2. The molecule has 134 valence electrons. The smallest absolute Gasteiger partial charge is 0.317 e. The molecular weight excluding hydrogens is 326 g/mol. The number of fused-ring (bicyclic) bond motifs is 1. The Kier molecular flexibility index (Phi) is 5.43. The van der Waals surface area contributed by atoms with Crippen LogP contribution in [0.3, 0.4) is 0 Å². The molecule has 5 heteroatoms. The van der Waals surface area contributed by atoms with Gasteiger partial charge >= 0.3 is 6.03 Å². The van der Waals surface area contributed by atoms with Crippen molar-refractivity contribution in [1.29, 1.82) is 5.26 Å². The van der Waals surface area contributed by atoms with Crippen LogP contribution in [0.4, 0.5) is 4.79 Å². The highest BCUT2D eigenvalue weighted by Gasteiger charge is 2.13. The minimum atomic E-state index is -0.178. The number of carbonyl (C=O) groups excluding carboxylic acids is 1. The van der Waals surface area contributed by atoms with Crippen LogP contribution in [0.5, 0.6) is 5.75 Å². The molecule has 0 bridgehead atoms. The predicted molar refractivity (Wildman–Crippen MR) is 101 cm³/mol. The quantitative estimate of drug-likeness (QED) is 0.897. The molecule has 0 saturated carbocycles. The number of nitriles is 1. The number of ether oxygens (including phenoxy) is 1. The molecule has 1 aliphatic rings. The average molecular weight is 349 g/mol. The van der Waals surface area contributed by atoms with Crippen LogP contribution in [0.2, 0.25) is 0 Å². The summed E-state index contributed by atoms with van der Waals surface area (Å²) in [7, 11) is 1.70. The molecular formula is C21H23N3O2. The molecule has 0 aromatic heterocycles. The fourth-order valence-electron chi connectivity index (χ4n) is 3.03. The van der Waals surface area contributed by atoms with Crippen molar-refractivity contribution in [1.82, 2.24) is 10.2 Å². The van der Waals surface area contributed by atoms with Crippen molar-refractivity contribution >= 4 is 6.03 Å². The van der Waals surface area contributed by atoms with E-state index in [-0.39, 0.29) is 11.9 Å². The maximum Gasteiger partial charge on any atom is 0.317 e. The van der Waals surface area contributed by atoms with E-state index in [2.05, 4.69) is 35.7 Å². The van der Waals surface area contributed by atoms with Gasteiger partial charge in [0, 0.05) is 26.6 Å². The van der Waals surface area contributed by atoms with E-state index < -0.39 is 0 Å². The summed E-state index contributed by atoms with van der Waals surface area (Å²) < 4.78 is 5.55. The second kappa shape index (κ2) is 7.92. The van der Waals surface area contributed by atoms with E-state index in [9.17, 15) is 4.79 Å². The molecule has 2 aromatic carbocycles. The Morgan fingerprint density at radius 2 is 2.00 bits per heavy atom. The first kappa shape index (κ1) is 17.8. The Morgan fingerprint density at radius 1 is 1.27 bits per heavy atom. The largest absolute Gasteiger partial charge is 0.493 e. The summed E-state index contributed by atoms with van der Waals surface area (Å²) in [5.41, 5.74) is 4.62. The van der Waals surface area contributed by atoms with Crippen molar-refractivity contribution in [3.05, 3.63) is 53.6 Å². The van der Waals surface area contributed by atoms with Gasteiger partial charge in [0.1, 0.15) is 5.75 Å². The van der Waals surface area contributed by atoms with E-state index in [0.717, 1.165) is 29.9 Å². The van der Waals surface area contributed by atoms with Crippen LogP contribution in [0.15, 0.2) is 42.5 Å². The highest BCUT2D eigenvalue weighted by molar-refractivity contribution is 5.74. The molecule has 2 aromatic rings. The van der Waals surface area contributed by atoms with Crippen LogP contribution in [-0.2, 0) is 13.0 Å². The molecule has 1 N–H and O–H groups in total. The van der Waals surface area contributed by atoms with Crippen LogP contribution in [0, 0.1) is 17.2 Å². The molecule has 1 atom stereocenters. The molecule has 1 aliphatic heterocycles. The lowest BCUT2D eigenvalue weighted by atomic mass is 10.0. The molecule has 0 fully saturated rings. The molecule has 0 unspecified atom stereocenters. The molecule has 1 heterocycles. The van der Waals surface area contributed by atoms with E-state index in [1.165, 1.54) is 16.0 Å². The maximum atomic E-state index is 12.1. The summed E-state index contributed by atoms with van der Waals surface area (Å²) in [4.78, 5) is 13.6. The van der Waals surface area contributed by atoms with Crippen LogP contribution in [0.1, 0.15) is 18.1 Å². The van der Waals surface area contributed by atoms with Crippen molar-refractivity contribution < 1.29 is 9.53 Å². The van der Waals surface area contributed by atoms with Crippen LogP contribution >= 0.6 is 0 Å². The second-order valence-electron chi connectivity index (χ2n) is 6.69. The summed E-state index contributed by atoms with van der Waals surface area (Å²) >= 11 is 0. The minimum Gasteiger partial charge on any atom is -0.493 e. The van der Waals surface area contributed by atoms with E-state index in [0.29, 0.717) is 13.1 Å². The number of hydrogen-bond donors (Lipinski definition) is 1. The van der Waals surface area contributed by atoms with Gasteiger partial charge < -0.3 is 15.0 Å². The van der Waals surface area contributed by atoms with Gasteiger partial charge in [-0.05, 0) is 41.3 Å². The summed E-state index contributed by atoms with van der Waals surface area (Å²) in [6.45, 7) is 3.44. The van der Waals surface area contributed by atoms with Gasteiger partial charge in [0.15, 0.2) is 0 Å². The first-order chi connectivity index (χ1) is 12.6. The van der Waals surface area contributed by atoms with E-state index >= 15 is 0 Å². The number of nitrogens with zero attached hydrogens (tertiary/aromatic N) is 2. The fraction of sp³-hybridized carbons (Fsp3) is 0.333. The SMILES string of the molecule is C[C@H](C#N)CN(C)C(=O)NCc1ccc(-c2ccc3c(c2)CCO3)cc1. The summed E-state index contributed by atoms with van der Waals surface area (Å²) in [6, 6.07) is 16.4. The van der Waals surface area contributed by atoms with Crippen LogP contribution < -0.4 is 10.1 Å². The van der Waals surface area contributed by atoms with Gasteiger partial charge in [0.2, 0.25) is 0 Å². The molecule has 0 spiro atoms. The standard InChI is InChI=1S/C21H23N3O2/c1-15(12-22)14-24(2)21(25)23-13-16-3-5-17(6-4-16)18-7-8-20-19(11-18)9-10-26-20/h3-8,11,15H,9-10,13-14H2,1-2H3,(H,23,25)/t15-/m1/s1. The van der Waals surface area contributed by atoms with Gasteiger partial charge in [-0.3, -0.25) is 0 Å². The summed E-state index contributed by atoms with van der Waals surface area (Å²) in [5, 5.41) is 11.7. The highest BCUT2D eigenvalue weighted by Crippen LogP contribution is 2.30. The molecule has 26 heavy (non-hydrogen) atoms. The third kappa shape index (κ3) is 4.15. The Bertz CT molecular complexity index is 824. The number of hydrogen-bond acceptors (Lipinski definition) is 3. The van der Waals surface area contributed by atoms with E-state index in [1.807, 2.05) is 18.2 Å². The first-order valence-electron chi connectivity index (χ1n) is 8.80. The van der Waals surface area contributed by atoms with E-state index in [1.54, 1.807) is 14.0 Å². The van der Waals surface area contributed by atoms with Crippen molar-refractivity contribution in [3.8, 4) is 22.9 Å². The van der Waals surface area contributed by atoms with Gasteiger partial charge in [0.25, 0.3) is 0 Å². The van der Waals surface area contributed by atoms with Crippen LogP contribution in [0.25, 0.3) is 11.1 Å². The fourth-order valence-corrected chi connectivity index (χ4v) is 3.03. The van der Waals surface area contributed by atoms with Crippen molar-refractivity contribution in [2.24, 2.45) is 5.92 Å². The maximum absolute atomic E-state index is 12.1. The van der Waals surface area contributed by atoms with Gasteiger partial charge in [-0.15, -0.1) is 0 Å². The minimum absolute atomic E-state index is 0.171. The monoisotopic (exact) mass is 349 g/mol. The van der Waals surface area contributed by atoms with Gasteiger partial charge in [-0.25, -0.2) is 4.79 Å². The van der Waals surface area contributed by atoms with Crippen LogP contribution in [-0.4, -0.2) is 31.1 Å². The highest BCUT2D eigenvalue weighted by atomic mass is 16.5. The summed E-state index contributed by atoms with van der Waals surface area (Å²) in [5.74, 6) is 0.811. The first-order valence-corrected chi connectivity index (χ1v) is 8.80. The molecule has 0 saturated heterocycles. The molecule has 0 aliphatic carbocycles. The number of urea groups is 1. The second-order valence-corrected chi connectivity index (χ2v) is 6.69. The van der Waals surface area contributed by atoms with E-state index in [4.69, 9.17) is 10.00 Å². The lowest BCUT2D eigenvalue weighted by Crippen LogP contribution is -2.38. The van der Waals surface area contributed by atoms with Crippen molar-refractivity contribution in [2.75, 3.05) is 20.2 Å². The zero-order chi connectivity index (χ0) is 18.5. The average Bonchev–Trinajstić information content (AvgIpc) is 3.14. The number of nitrogens with one attached hydrogen (secondary N) is 1. The number of benzene rings is 2. The Hall–Kier alpha value is -3.00. The molecule has 3 rings (SSSR count). The third-order valence-electron chi connectivity index (χ3n) is 4.54. The molecule has 5 nitrogen and oxygen atoms in total. The lowest BCUT2D eigenvalue weighted by Gasteiger charge is -2.19. The van der Waals surface area contributed by atoms with Crippen molar-refractivity contribution in [2.45, 2.75) is 19.9 Å². The summed E-state index contributed by atoms with van der Waals surface area (Å²) in [6.07, 6.45) is 0.964. The zero-order valence-corrected chi connectivity index (χ0v) is 15.2. The Balaban J connectivity index is 1.58. The number of carbonyl (C=O) groups is 1. The normalized spacial score (nSPS) is 13.3. The van der Waals surface area contributed by atoms with Gasteiger partial charge in [-0.1, -0.05) is 30.3 Å². The Labute approximate surface area is 154 Å². The number of rotatable bonds is 5. The topological polar surface area (TPSA) is 65.4 Å².